The minimum absolute atomic E-state index is 0.766. The van der Waals surface area contributed by atoms with E-state index in [0.717, 1.165) is 41.3 Å². The second kappa shape index (κ2) is 5.72. The highest BCUT2D eigenvalue weighted by atomic mass is 79.9. The molecule has 0 aromatic carbocycles. The molecule has 1 N–H and O–H groups in total. The van der Waals surface area contributed by atoms with Crippen LogP contribution in [0.5, 0.6) is 0 Å². The Morgan fingerprint density at radius 3 is 2.95 bits per heavy atom. The summed E-state index contributed by atoms with van der Waals surface area (Å²) in [6.07, 6.45) is 10.2. The van der Waals surface area contributed by atoms with E-state index in [1.54, 1.807) is 6.20 Å². The van der Waals surface area contributed by atoms with Gasteiger partial charge in [0.15, 0.2) is 5.65 Å². The Balaban J connectivity index is 1.60. The summed E-state index contributed by atoms with van der Waals surface area (Å²) in [5.74, 6) is 1.09. The standard InChI is InChI=1S/C13H15BrN6/c1-19-5-4-16-12(19)2-3-15-6-10-7-18-13-8-17-11(14)9-20(10)13/h4-5,7-9,15H,2-3,6H2,1H3. The Morgan fingerprint density at radius 2 is 2.15 bits per heavy atom. The third kappa shape index (κ3) is 2.73. The average Bonchev–Trinajstić information content (AvgIpc) is 3.01. The third-order valence-corrected chi connectivity index (χ3v) is 3.60. The molecule has 0 aliphatic rings. The Bertz CT molecular complexity index is 717. The molecule has 0 amide bonds. The monoisotopic (exact) mass is 334 g/mol. The summed E-state index contributed by atoms with van der Waals surface area (Å²) in [4.78, 5) is 12.8. The maximum Gasteiger partial charge on any atom is 0.155 e. The summed E-state index contributed by atoms with van der Waals surface area (Å²) in [6, 6.07) is 0. The van der Waals surface area contributed by atoms with E-state index in [9.17, 15) is 0 Å². The van der Waals surface area contributed by atoms with E-state index >= 15 is 0 Å². The molecule has 6 nitrogen and oxygen atoms in total. The van der Waals surface area contributed by atoms with Crippen molar-refractivity contribution in [2.75, 3.05) is 6.54 Å². The molecule has 3 aromatic rings. The summed E-state index contributed by atoms with van der Waals surface area (Å²) >= 11 is 3.38. The van der Waals surface area contributed by atoms with E-state index in [1.807, 2.05) is 40.8 Å². The van der Waals surface area contributed by atoms with Gasteiger partial charge in [0, 0.05) is 45.1 Å². The van der Waals surface area contributed by atoms with Crippen molar-refractivity contribution in [1.29, 1.82) is 0 Å². The van der Waals surface area contributed by atoms with Gasteiger partial charge in [0.2, 0.25) is 0 Å². The quantitative estimate of drug-likeness (QED) is 0.719. The van der Waals surface area contributed by atoms with Crippen LogP contribution in [0.25, 0.3) is 5.65 Å². The number of fused-ring (bicyclic) bond motifs is 1. The maximum atomic E-state index is 4.33. The van der Waals surface area contributed by atoms with Crippen LogP contribution in [0.3, 0.4) is 0 Å². The van der Waals surface area contributed by atoms with Gasteiger partial charge in [-0.3, -0.25) is 4.40 Å². The van der Waals surface area contributed by atoms with Crippen LogP contribution in [0, 0.1) is 0 Å². The number of hydrogen-bond donors (Lipinski definition) is 1. The van der Waals surface area contributed by atoms with Crippen molar-refractivity contribution in [1.82, 2.24) is 29.2 Å². The number of nitrogens with one attached hydrogen (secondary N) is 1. The van der Waals surface area contributed by atoms with Gasteiger partial charge in [0.25, 0.3) is 0 Å². The fraction of sp³-hybridized carbons (Fsp3) is 0.308. The molecule has 3 heterocycles. The van der Waals surface area contributed by atoms with Crippen molar-refractivity contribution in [2.24, 2.45) is 7.05 Å². The number of imidazole rings is 2. The molecule has 0 aliphatic carbocycles. The summed E-state index contributed by atoms with van der Waals surface area (Å²) in [5.41, 5.74) is 1.97. The minimum Gasteiger partial charge on any atom is -0.338 e. The van der Waals surface area contributed by atoms with E-state index in [2.05, 4.69) is 36.2 Å². The molecule has 0 bridgehead atoms. The van der Waals surface area contributed by atoms with Crippen molar-refractivity contribution < 1.29 is 0 Å². The molecular weight excluding hydrogens is 320 g/mol. The lowest BCUT2D eigenvalue weighted by molar-refractivity contribution is 0.644. The number of halogens is 1. The first kappa shape index (κ1) is 13.3. The van der Waals surface area contributed by atoms with Gasteiger partial charge < -0.3 is 9.88 Å². The topological polar surface area (TPSA) is 60.0 Å². The SMILES string of the molecule is Cn1ccnc1CCNCc1cnc2cnc(Br)cn12. The third-order valence-electron chi connectivity index (χ3n) is 3.19. The van der Waals surface area contributed by atoms with Crippen molar-refractivity contribution in [3.63, 3.8) is 0 Å². The van der Waals surface area contributed by atoms with Crippen LogP contribution >= 0.6 is 15.9 Å². The van der Waals surface area contributed by atoms with Gasteiger partial charge in [-0.25, -0.2) is 15.0 Å². The smallest absolute Gasteiger partial charge is 0.155 e. The normalized spacial score (nSPS) is 11.3. The average molecular weight is 335 g/mol. The summed E-state index contributed by atoms with van der Waals surface area (Å²) in [5, 5.41) is 3.42. The molecule has 0 radical (unpaired) electrons. The van der Waals surface area contributed by atoms with E-state index in [1.165, 1.54) is 0 Å². The van der Waals surface area contributed by atoms with Gasteiger partial charge in [-0.2, -0.15) is 0 Å². The zero-order valence-corrected chi connectivity index (χ0v) is 12.7. The van der Waals surface area contributed by atoms with Crippen molar-refractivity contribution in [3.05, 3.63) is 47.1 Å². The second-order valence-electron chi connectivity index (χ2n) is 4.57. The first-order valence-electron chi connectivity index (χ1n) is 6.38. The highest BCUT2D eigenvalue weighted by Gasteiger charge is 2.04. The van der Waals surface area contributed by atoms with Crippen LogP contribution in [-0.2, 0) is 20.0 Å². The van der Waals surface area contributed by atoms with Crippen LogP contribution in [0.4, 0.5) is 0 Å². The molecule has 3 rings (SSSR count). The van der Waals surface area contributed by atoms with Crippen molar-refractivity contribution in [3.8, 4) is 0 Å². The fourth-order valence-corrected chi connectivity index (χ4v) is 2.41. The van der Waals surface area contributed by atoms with Gasteiger partial charge in [-0.05, 0) is 15.9 Å². The molecule has 0 atom stereocenters. The van der Waals surface area contributed by atoms with E-state index in [4.69, 9.17) is 0 Å². The number of hydrogen-bond acceptors (Lipinski definition) is 4. The minimum atomic E-state index is 0.766. The van der Waals surface area contributed by atoms with Crippen LogP contribution in [-0.4, -0.2) is 30.5 Å². The first-order chi connectivity index (χ1) is 9.74. The predicted molar refractivity (Wildman–Crippen MR) is 79.3 cm³/mol. The van der Waals surface area contributed by atoms with E-state index in [0.29, 0.717) is 0 Å². The molecule has 20 heavy (non-hydrogen) atoms. The van der Waals surface area contributed by atoms with E-state index in [-0.39, 0.29) is 0 Å². The molecule has 0 aliphatic heterocycles. The molecule has 7 heteroatoms. The lowest BCUT2D eigenvalue weighted by Gasteiger charge is -2.05. The lowest BCUT2D eigenvalue weighted by Crippen LogP contribution is -2.19. The fourth-order valence-electron chi connectivity index (χ4n) is 2.10. The molecule has 0 saturated carbocycles. The Morgan fingerprint density at radius 1 is 1.25 bits per heavy atom. The largest absolute Gasteiger partial charge is 0.338 e. The number of nitrogens with zero attached hydrogens (tertiary/aromatic N) is 5. The van der Waals surface area contributed by atoms with Gasteiger partial charge >= 0.3 is 0 Å². The summed E-state index contributed by atoms with van der Waals surface area (Å²) in [6.45, 7) is 1.65. The maximum absolute atomic E-state index is 4.33. The van der Waals surface area contributed by atoms with Gasteiger partial charge in [0.05, 0.1) is 18.1 Å². The number of aromatic nitrogens is 5. The summed E-state index contributed by atoms with van der Waals surface area (Å²) < 4.78 is 4.88. The molecule has 104 valence electrons. The zero-order chi connectivity index (χ0) is 13.9. The van der Waals surface area contributed by atoms with Crippen molar-refractivity contribution >= 4 is 21.6 Å². The first-order valence-corrected chi connectivity index (χ1v) is 7.18. The second-order valence-corrected chi connectivity index (χ2v) is 5.38. The Labute approximate surface area is 125 Å². The van der Waals surface area contributed by atoms with Crippen molar-refractivity contribution in [2.45, 2.75) is 13.0 Å². The predicted octanol–water partition coefficient (Wildman–Crippen LogP) is 1.56. The van der Waals surface area contributed by atoms with Crippen LogP contribution < -0.4 is 5.32 Å². The van der Waals surface area contributed by atoms with Gasteiger partial charge in [-0.1, -0.05) is 0 Å². The molecule has 0 unspecified atom stereocenters. The lowest BCUT2D eigenvalue weighted by atomic mass is 10.4. The van der Waals surface area contributed by atoms with Crippen LogP contribution in [0.2, 0.25) is 0 Å². The molecule has 0 fully saturated rings. The highest BCUT2D eigenvalue weighted by Crippen LogP contribution is 2.10. The molecule has 3 aromatic heterocycles. The number of rotatable bonds is 5. The highest BCUT2D eigenvalue weighted by molar-refractivity contribution is 9.10. The molecule has 0 spiro atoms. The Kier molecular flexibility index (Phi) is 3.79. The van der Waals surface area contributed by atoms with E-state index < -0.39 is 0 Å². The Hall–Kier alpha value is -1.73. The van der Waals surface area contributed by atoms with Gasteiger partial charge in [0.1, 0.15) is 10.4 Å². The zero-order valence-electron chi connectivity index (χ0n) is 11.1. The number of aryl methyl sites for hydroxylation is 1. The molecule has 0 saturated heterocycles. The molecular formula is C13H15BrN6. The summed E-state index contributed by atoms with van der Waals surface area (Å²) in [7, 11) is 2.01. The van der Waals surface area contributed by atoms with Gasteiger partial charge in [-0.15, -0.1) is 0 Å². The van der Waals surface area contributed by atoms with Crippen LogP contribution in [0.1, 0.15) is 11.5 Å². The van der Waals surface area contributed by atoms with Crippen LogP contribution in [0.15, 0.2) is 35.6 Å².